The first-order valence-corrected chi connectivity index (χ1v) is 5.42. The van der Waals surface area contributed by atoms with E-state index in [9.17, 15) is 22.7 Å². The molecule has 0 spiro atoms. The van der Waals surface area contributed by atoms with Crippen LogP contribution in [0.3, 0.4) is 0 Å². The third kappa shape index (κ3) is 6.55. The lowest BCUT2D eigenvalue weighted by Gasteiger charge is -2.03. The molecule has 0 amide bonds. The monoisotopic (exact) mass is 232 g/mol. The van der Waals surface area contributed by atoms with Gasteiger partial charge < -0.3 is 10.00 Å². The lowest BCUT2D eigenvalue weighted by molar-refractivity contribution is -0.191. The molecule has 0 aromatic carbocycles. The predicted octanol–water partition coefficient (Wildman–Crippen LogP) is -1.64. The Bertz CT molecular complexity index is 305. The van der Waals surface area contributed by atoms with Gasteiger partial charge in [0.05, 0.1) is 0 Å². The molecule has 76 valence electrons. The molecule has 0 saturated heterocycles. The lowest BCUT2D eigenvalue weighted by atomic mass is 10.4. The maximum absolute atomic E-state index is 10.1. The molecule has 0 saturated carbocycles. The van der Waals surface area contributed by atoms with Crippen LogP contribution >= 0.6 is 8.25 Å². The van der Waals surface area contributed by atoms with E-state index in [-0.39, 0.29) is 0 Å². The second kappa shape index (κ2) is 4.58. The Morgan fingerprint density at radius 3 is 2.31 bits per heavy atom. The first-order valence-electron chi connectivity index (χ1n) is 2.71. The summed E-state index contributed by atoms with van der Waals surface area (Å²) in [6, 6.07) is 0. The van der Waals surface area contributed by atoms with Crippen LogP contribution in [-0.2, 0) is 24.0 Å². The van der Waals surface area contributed by atoms with Crippen molar-refractivity contribution in [3.05, 3.63) is 0 Å². The molecule has 2 unspecified atom stereocenters. The van der Waals surface area contributed by atoms with Gasteiger partial charge in [-0.05, 0) is 4.57 Å². The van der Waals surface area contributed by atoms with Crippen molar-refractivity contribution < 1.29 is 36.9 Å². The van der Waals surface area contributed by atoms with E-state index in [4.69, 9.17) is 9.66 Å². The molecule has 0 aliphatic rings. The third-order valence-electron chi connectivity index (χ3n) is 0.851. The predicted molar refractivity (Wildman–Crippen MR) is 36.5 cm³/mol. The van der Waals surface area contributed by atoms with E-state index in [2.05, 4.69) is 4.52 Å². The standard InChI is InChI=1S/C3H5O8PS/c4-3(5)2(11-12(6)7)1-13(8,9)10/h2H,1H2,(H,4,5)(H,8,9,10). The Labute approximate surface area is 73.8 Å². The molecular weight excluding hydrogens is 227 g/mol. The Kier molecular flexibility index (Phi) is 4.37. The maximum atomic E-state index is 10.1. The minimum atomic E-state index is -4.59. The molecule has 2 atom stereocenters. The normalized spacial score (nSPS) is 15.1. The quantitative estimate of drug-likeness (QED) is 0.424. The highest BCUT2D eigenvalue weighted by Crippen LogP contribution is 2.14. The van der Waals surface area contributed by atoms with E-state index in [1.165, 1.54) is 0 Å². The fourth-order valence-electron chi connectivity index (χ4n) is 0.442. The van der Waals surface area contributed by atoms with Crippen molar-refractivity contribution in [2.75, 3.05) is 5.75 Å². The third-order valence-corrected chi connectivity index (χ3v) is 2.00. The van der Waals surface area contributed by atoms with Crippen molar-refractivity contribution in [2.45, 2.75) is 6.10 Å². The zero-order chi connectivity index (χ0) is 10.6. The Morgan fingerprint density at radius 2 is 2.08 bits per heavy atom. The van der Waals surface area contributed by atoms with Gasteiger partial charge in [0, 0.05) is 0 Å². The lowest BCUT2D eigenvalue weighted by Crippen LogP contribution is -2.30. The van der Waals surface area contributed by atoms with Gasteiger partial charge in [-0.15, -0.1) is 4.52 Å². The minimum absolute atomic E-state index is 1.31. The number of carbonyl (C=O) groups is 1. The average molecular weight is 232 g/mol. The van der Waals surface area contributed by atoms with Gasteiger partial charge in [-0.2, -0.15) is 8.42 Å². The van der Waals surface area contributed by atoms with E-state index in [1.807, 2.05) is 0 Å². The van der Waals surface area contributed by atoms with Crippen molar-refractivity contribution in [3.8, 4) is 0 Å². The van der Waals surface area contributed by atoms with Crippen LogP contribution in [0.4, 0.5) is 0 Å². The first-order chi connectivity index (χ1) is 5.72. The summed E-state index contributed by atoms with van der Waals surface area (Å²) >= 11 is 0. The van der Waals surface area contributed by atoms with Gasteiger partial charge in [0.1, 0.15) is 5.75 Å². The summed E-state index contributed by atoms with van der Waals surface area (Å²) in [6.07, 6.45) is -2.11. The van der Waals surface area contributed by atoms with Crippen molar-refractivity contribution in [3.63, 3.8) is 0 Å². The molecule has 0 radical (unpaired) electrons. The highest BCUT2D eigenvalue weighted by molar-refractivity contribution is 7.85. The summed E-state index contributed by atoms with van der Waals surface area (Å²) in [5.41, 5.74) is 0. The molecule has 0 heterocycles. The highest BCUT2D eigenvalue weighted by atomic mass is 32.2. The van der Waals surface area contributed by atoms with E-state index in [1.54, 1.807) is 0 Å². The van der Waals surface area contributed by atoms with E-state index < -0.39 is 36.2 Å². The molecule has 0 fully saturated rings. The summed E-state index contributed by atoms with van der Waals surface area (Å²) in [6.45, 7) is 0. The summed E-state index contributed by atoms with van der Waals surface area (Å²) in [5.74, 6) is -3.11. The number of aliphatic carboxylic acids is 1. The molecule has 8 nitrogen and oxygen atoms in total. The number of carboxylic acids is 1. The van der Waals surface area contributed by atoms with Crippen LogP contribution in [-0.4, -0.2) is 35.9 Å². The SMILES string of the molecule is O=C(O)C(CS(=O)(=O)O)O[P+](=O)[O-]. The largest absolute Gasteiger partial charge is 0.566 e. The van der Waals surface area contributed by atoms with Crippen LogP contribution < -0.4 is 4.89 Å². The highest BCUT2D eigenvalue weighted by Gasteiger charge is 2.30. The molecule has 0 rings (SSSR count). The molecule has 0 aliphatic carbocycles. The van der Waals surface area contributed by atoms with Crippen LogP contribution in [0.2, 0.25) is 0 Å². The van der Waals surface area contributed by atoms with Gasteiger partial charge in [0.25, 0.3) is 10.1 Å². The number of hydrogen-bond acceptors (Lipinski definition) is 6. The van der Waals surface area contributed by atoms with Crippen molar-refractivity contribution >= 4 is 24.3 Å². The smallest absolute Gasteiger partial charge is 0.489 e. The molecule has 0 bridgehead atoms. The van der Waals surface area contributed by atoms with Gasteiger partial charge in [-0.1, -0.05) is 0 Å². The fourth-order valence-corrected chi connectivity index (χ4v) is 1.51. The summed E-state index contributed by atoms with van der Waals surface area (Å²) < 4.78 is 42.0. The molecule has 0 aliphatic heterocycles. The molecular formula is C3H5O8PS. The Morgan fingerprint density at radius 1 is 1.62 bits per heavy atom. The van der Waals surface area contributed by atoms with Gasteiger partial charge in [-0.25, -0.2) is 4.79 Å². The average Bonchev–Trinajstić information content (AvgIpc) is 1.81. The maximum Gasteiger partial charge on any atom is 0.489 e. The zero-order valence-corrected chi connectivity index (χ0v) is 7.69. The summed E-state index contributed by atoms with van der Waals surface area (Å²) in [7, 11) is -8.07. The van der Waals surface area contributed by atoms with Gasteiger partial charge >= 0.3 is 14.2 Å². The first kappa shape index (κ1) is 12.4. The molecule has 13 heavy (non-hydrogen) atoms. The van der Waals surface area contributed by atoms with E-state index >= 15 is 0 Å². The molecule has 2 N–H and O–H groups in total. The molecule has 0 aromatic rings. The topological polar surface area (TPSA) is 141 Å². The minimum Gasteiger partial charge on any atom is -0.566 e. The Balaban J connectivity index is 4.45. The Hall–Kier alpha value is -0.600. The van der Waals surface area contributed by atoms with Crippen LogP contribution in [0.15, 0.2) is 0 Å². The summed E-state index contributed by atoms with van der Waals surface area (Å²) in [5, 5.41) is 8.22. The number of carboxylic acid groups (broad SMARTS) is 1. The van der Waals surface area contributed by atoms with Gasteiger partial charge in [0.15, 0.2) is 0 Å². The van der Waals surface area contributed by atoms with Gasteiger partial charge in [0.2, 0.25) is 6.10 Å². The van der Waals surface area contributed by atoms with Crippen LogP contribution in [0, 0.1) is 0 Å². The van der Waals surface area contributed by atoms with Crippen LogP contribution in [0.1, 0.15) is 0 Å². The fraction of sp³-hybridized carbons (Fsp3) is 0.667. The second-order valence-corrected chi connectivity index (χ2v) is 4.06. The van der Waals surface area contributed by atoms with E-state index in [0.29, 0.717) is 0 Å². The van der Waals surface area contributed by atoms with Crippen molar-refractivity contribution in [2.24, 2.45) is 0 Å². The van der Waals surface area contributed by atoms with Crippen LogP contribution in [0.25, 0.3) is 0 Å². The number of rotatable bonds is 5. The van der Waals surface area contributed by atoms with Crippen LogP contribution in [0.5, 0.6) is 0 Å². The second-order valence-electron chi connectivity index (χ2n) is 1.90. The zero-order valence-electron chi connectivity index (χ0n) is 5.98. The van der Waals surface area contributed by atoms with Crippen molar-refractivity contribution in [1.29, 1.82) is 0 Å². The van der Waals surface area contributed by atoms with Gasteiger partial charge in [-0.3, -0.25) is 4.55 Å². The molecule has 10 heteroatoms. The van der Waals surface area contributed by atoms with E-state index in [0.717, 1.165) is 0 Å². The number of hydrogen-bond donors (Lipinski definition) is 2. The summed E-state index contributed by atoms with van der Waals surface area (Å²) in [4.78, 5) is 20.0. The molecule has 0 aromatic heterocycles. The van der Waals surface area contributed by atoms with Crippen molar-refractivity contribution in [1.82, 2.24) is 0 Å².